The van der Waals surface area contributed by atoms with E-state index < -0.39 is 16.8 Å². The molecule has 8 nitrogen and oxygen atoms in total. The lowest BCUT2D eigenvalue weighted by atomic mass is 10.2. The lowest BCUT2D eigenvalue weighted by Crippen LogP contribution is -2.23. The first kappa shape index (κ1) is 19.9. The van der Waals surface area contributed by atoms with Crippen molar-refractivity contribution in [2.24, 2.45) is 4.99 Å². The second-order valence-electron chi connectivity index (χ2n) is 5.58. The quantitative estimate of drug-likeness (QED) is 0.326. The number of nitrogens with zero attached hydrogens (tertiary/aromatic N) is 3. The zero-order valence-electron chi connectivity index (χ0n) is 14.6. The molecule has 0 radical (unpaired) electrons. The number of halogens is 1. The third-order valence-electron chi connectivity index (χ3n) is 3.77. The topological polar surface area (TPSA) is 104 Å². The number of benzene rings is 2. The summed E-state index contributed by atoms with van der Waals surface area (Å²) in [6, 6.07) is 11.1. The Labute approximate surface area is 171 Å². The van der Waals surface area contributed by atoms with Gasteiger partial charge in [0.15, 0.2) is 4.80 Å². The Hall–Kier alpha value is -2.85. The summed E-state index contributed by atoms with van der Waals surface area (Å²) in [6.45, 7) is 1.75. The first-order valence-corrected chi connectivity index (χ1v) is 9.78. The number of aromatic nitrogens is 1. The number of fused-ring (bicyclic) bond motifs is 1. The second kappa shape index (κ2) is 8.44. The molecule has 1 heterocycles. The fraction of sp³-hybridized carbons (Fsp3) is 0.167. The molecule has 0 saturated carbocycles. The standard InChI is InChI=1S/C18H14BrN3O5S/c1-2-27-16(23)10-21-14-8-7-11(22(25)26)9-15(14)28-18(21)20-17(24)12-5-3-4-6-13(12)19/h3-9H,2,10H2,1H3. The van der Waals surface area contributed by atoms with Gasteiger partial charge in [-0.25, -0.2) is 0 Å². The van der Waals surface area contributed by atoms with Gasteiger partial charge in [-0.05, 0) is 41.1 Å². The highest BCUT2D eigenvalue weighted by molar-refractivity contribution is 9.10. The highest BCUT2D eigenvalue weighted by Crippen LogP contribution is 2.24. The number of nitro groups is 1. The van der Waals surface area contributed by atoms with Gasteiger partial charge in [0.05, 0.1) is 27.3 Å². The van der Waals surface area contributed by atoms with Gasteiger partial charge in [-0.15, -0.1) is 0 Å². The van der Waals surface area contributed by atoms with Gasteiger partial charge in [-0.1, -0.05) is 23.5 Å². The molecule has 0 unspecified atom stereocenters. The summed E-state index contributed by atoms with van der Waals surface area (Å²) in [5, 5.41) is 11.0. The third-order valence-corrected chi connectivity index (χ3v) is 5.50. The first-order chi connectivity index (χ1) is 13.4. The van der Waals surface area contributed by atoms with Crippen molar-refractivity contribution in [3.63, 3.8) is 0 Å². The molecule has 0 aliphatic rings. The maximum Gasteiger partial charge on any atom is 0.326 e. The lowest BCUT2D eigenvalue weighted by Gasteiger charge is -2.05. The predicted octanol–water partition coefficient (Wildman–Crippen LogP) is 3.68. The molecule has 0 bridgehead atoms. The van der Waals surface area contributed by atoms with Gasteiger partial charge in [0, 0.05) is 16.6 Å². The highest BCUT2D eigenvalue weighted by atomic mass is 79.9. The molecule has 0 aliphatic carbocycles. The summed E-state index contributed by atoms with van der Waals surface area (Å²) < 4.78 is 7.65. The van der Waals surface area contributed by atoms with Crippen LogP contribution in [0.4, 0.5) is 5.69 Å². The van der Waals surface area contributed by atoms with E-state index >= 15 is 0 Å². The Balaban J connectivity index is 2.16. The van der Waals surface area contributed by atoms with Crippen LogP contribution in [0.15, 0.2) is 51.9 Å². The van der Waals surface area contributed by atoms with Gasteiger partial charge in [-0.2, -0.15) is 4.99 Å². The SMILES string of the molecule is CCOC(=O)Cn1c(=NC(=O)c2ccccc2Br)sc2cc([N+](=O)[O-])ccc21. The molecule has 0 fully saturated rings. The highest BCUT2D eigenvalue weighted by Gasteiger charge is 2.16. The van der Waals surface area contributed by atoms with Crippen LogP contribution in [0.25, 0.3) is 10.2 Å². The molecule has 0 N–H and O–H groups in total. The molecule has 2 aromatic carbocycles. The van der Waals surface area contributed by atoms with Gasteiger partial charge in [0.25, 0.3) is 11.6 Å². The number of carbonyl (C=O) groups excluding carboxylic acids is 2. The molecule has 3 rings (SSSR count). The number of nitro benzene ring substituents is 1. The minimum absolute atomic E-state index is 0.0827. The maximum absolute atomic E-state index is 12.6. The summed E-state index contributed by atoms with van der Waals surface area (Å²) in [5.41, 5.74) is 0.844. The van der Waals surface area contributed by atoms with Gasteiger partial charge < -0.3 is 9.30 Å². The van der Waals surface area contributed by atoms with Crippen molar-refractivity contribution in [2.45, 2.75) is 13.5 Å². The summed E-state index contributed by atoms with van der Waals surface area (Å²) >= 11 is 4.41. The van der Waals surface area contributed by atoms with Gasteiger partial charge >= 0.3 is 5.97 Å². The number of ether oxygens (including phenoxy) is 1. The fourth-order valence-electron chi connectivity index (χ4n) is 2.53. The molecule has 28 heavy (non-hydrogen) atoms. The van der Waals surface area contributed by atoms with Crippen LogP contribution in [-0.4, -0.2) is 28.0 Å². The largest absolute Gasteiger partial charge is 0.465 e. The number of hydrogen-bond donors (Lipinski definition) is 0. The van der Waals surface area contributed by atoms with E-state index in [0.717, 1.165) is 11.3 Å². The van der Waals surface area contributed by atoms with E-state index in [1.807, 2.05) is 0 Å². The van der Waals surface area contributed by atoms with Gasteiger partial charge in [0.1, 0.15) is 6.54 Å². The molecule has 0 atom stereocenters. The van der Waals surface area contributed by atoms with Gasteiger partial charge in [0.2, 0.25) is 0 Å². The van der Waals surface area contributed by atoms with Crippen molar-refractivity contribution in [1.29, 1.82) is 0 Å². The van der Waals surface area contributed by atoms with E-state index in [2.05, 4.69) is 20.9 Å². The van der Waals surface area contributed by atoms with Crippen LogP contribution >= 0.6 is 27.3 Å². The van der Waals surface area contributed by atoms with Crippen molar-refractivity contribution in [1.82, 2.24) is 4.57 Å². The van der Waals surface area contributed by atoms with Crippen LogP contribution in [0.5, 0.6) is 0 Å². The zero-order chi connectivity index (χ0) is 20.3. The van der Waals surface area contributed by atoms with Gasteiger partial charge in [-0.3, -0.25) is 19.7 Å². The van der Waals surface area contributed by atoms with E-state index in [0.29, 0.717) is 20.3 Å². The molecule has 3 aromatic rings. The summed E-state index contributed by atoms with van der Waals surface area (Å²) in [5.74, 6) is -0.985. The van der Waals surface area contributed by atoms with E-state index in [1.54, 1.807) is 31.2 Å². The normalized spacial score (nSPS) is 11.6. The number of thiazole rings is 1. The molecule has 0 saturated heterocycles. The molecule has 144 valence electrons. The van der Waals surface area contributed by atoms with Crippen molar-refractivity contribution in [3.05, 3.63) is 67.4 Å². The summed E-state index contributed by atoms with van der Waals surface area (Å²) in [6.07, 6.45) is 0. The Kier molecular flexibility index (Phi) is 6.00. The molecule has 1 aromatic heterocycles. The number of carbonyl (C=O) groups is 2. The fourth-order valence-corrected chi connectivity index (χ4v) is 4.05. The Morgan fingerprint density at radius 1 is 1.29 bits per heavy atom. The van der Waals surface area contributed by atoms with Crippen molar-refractivity contribution < 1.29 is 19.2 Å². The Morgan fingerprint density at radius 2 is 2.04 bits per heavy atom. The van der Waals surface area contributed by atoms with Crippen LogP contribution in [0.3, 0.4) is 0 Å². The predicted molar refractivity (Wildman–Crippen MR) is 107 cm³/mol. The molecular formula is C18H14BrN3O5S. The maximum atomic E-state index is 12.6. The van der Waals surface area contributed by atoms with E-state index in [4.69, 9.17) is 4.74 Å². The third kappa shape index (κ3) is 4.18. The summed E-state index contributed by atoms with van der Waals surface area (Å²) in [4.78, 5) is 39.6. The monoisotopic (exact) mass is 463 g/mol. The minimum Gasteiger partial charge on any atom is -0.465 e. The van der Waals surface area contributed by atoms with Crippen LogP contribution in [0.1, 0.15) is 17.3 Å². The zero-order valence-corrected chi connectivity index (χ0v) is 17.0. The summed E-state index contributed by atoms with van der Waals surface area (Å²) in [7, 11) is 0. The van der Waals surface area contributed by atoms with Crippen molar-refractivity contribution in [2.75, 3.05) is 6.61 Å². The molecule has 0 spiro atoms. The Morgan fingerprint density at radius 3 is 2.71 bits per heavy atom. The van der Waals surface area contributed by atoms with Crippen LogP contribution < -0.4 is 4.80 Å². The number of esters is 1. The van der Waals surface area contributed by atoms with E-state index in [-0.39, 0.29) is 23.6 Å². The van der Waals surface area contributed by atoms with E-state index in [9.17, 15) is 19.7 Å². The van der Waals surface area contributed by atoms with Crippen LogP contribution in [0, 0.1) is 10.1 Å². The number of non-ortho nitro benzene ring substituents is 1. The molecule has 10 heteroatoms. The number of rotatable bonds is 5. The van der Waals surface area contributed by atoms with Crippen molar-refractivity contribution in [3.8, 4) is 0 Å². The lowest BCUT2D eigenvalue weighted by molar-refractivity contribution is -0.384. The molecule has 0 aliphatic heterocycles. The number of amides is 1. The van der Waals surface area contributed by atoms with Crippen LogP contribution in [-0.2, 0) is 16.1 Å². The minimum atomic E-state index is -0.502. The van der Waals surface area contributed by atoms with E-state index in [1.165, 1.54) is 22.8 Å². The smallest absolute Gasteiger partial charge is 0.326 e. The average molecular weight is 464 g/mol. The molecule has 1 amide bonds. The molecular weight excluding hydrogens is 450 g/mol. The average Bonchev–Trinajstić information content (AvgIpc) is 2.98. The van der Waals surface area contributed by atoms with Crippen LogP contribution in [0.2, 0.25) is 0 Å². The second-order valence-corrected chi connectivity index (χ2v) is 7.45. The number of hydrogen-bond acceptors (Lipinski definition) is 6. The Bertz CT molecular complexity index is 1150. The first-order valence-electron chi connectivity index (χ1n) is 8.17. The van der Waals surface area contributed by atoms with Crippen molar-refractivity contribution >= 4 is 55.0 Å².